The van der Waals surface area contributed by atoms with Crippen LogP contribution in [0.1, 0.15) is 11.1 Å². The minimum absolute atomic E-state index is 0.662. The topological polar surface area (TPSA) is 74.6 Å². The van der Waals surface area contributed by atoms with E-state index in [2.05, 4.69) is 31.0 Å². The van der Waals surface area contributed by atoms with Crippen molar-refractivity contribution in [2.75, 3.05) is 0 Å². The Bertz CT molecular complexity index is 535. The lowest BCUT2D eigenvalue weighted by molar-refractivity contribution is 0.825. The van der Waals surface area contributed by atoms with E-state index in [9.17, 15) is 0 Å². The van der Waals surface area contributed by atoms with Gasteiger partial charge in [-0.1, -0.05) is 0 Å². The Morgan fingerprint density at radius 3 is 1.33 bits per heavy atom. The average molecular weight is 238 g/mol. The van der Waals surface area contributed by atoms with Gasteiger partial charge in [0.05, 0.1) is 0 Å². The van der Waals surface area contributed by atoms with Crippen molar-refractivity contribution in [2.24, 2.45) is 10.2 Å². The Balaban J connectivity index is 1.88. The molecule has 0 unspecified atom stereocenters. The van der Waals surface area contributed by atoms with Crippen LogP contribution in [0.15, 0.2) is 59.3 Å². The van der Waals surface area contributed by atoms with Crippen LogP contribution < -0.4 is 10.9 Å². The molecule has 0 aliphatic carbocycles. The Kier molecular flexibility index (Phi) is 2.67. The van der Waals surface area contributed by atoms with E-state index in [0.717, 1.165) is 11.1 Å². The molecule has 0 aromatic carbocycles. The second-order valence-corrected chi connectivity index (χ2v) is 3.62. The molecule has 3 heterocycles. The quantitative estimate of drug-likeness (QED) is 0.807. The third-order valence-corrected chi connectivity index (χ3v) is 2.46. The average Bonchev–Trinajstić information content (AvgIpc) is 2.49. The number of hydrogen-bond donors (Lipinski definition) is 2. The van der Waals surface area contributed by atoms with Crippen LogP contribution in [0.3, 0.4) is 0 Å². The normalized spacial score (nSPS) is 14.0. The van der Waals surface area contributed by atoms with Crippen molar-refractivity contribution in [3.8, 4) is 0 Å². The highest BCUT2D eigenvalue weighted by molar-refractivity contribution is 6.05. The summed E-state index contributed by atoms with van der Waals surface area (Å²) >= 11 is 0. The first-order valence-corrected chi connectivity index (χ1v) is 5.42. The van der Waals surface area contributed by atoms with Crippen molar-refractivity contribution in [1.82, 2.24) is 20.8 Å². The molecule has 2 aromatic heterocycles. The molecule has 1 aliphatic rings. The molecule has 2 aromatic rings. The molecule has 88 valence electrons. The summed E-state index contributed by atoms with van der Waals surface area (Å²) in [4.78, 5) is 7.91. The molecule has 0 saturated carbocycles. The minimum Gasteiger partial charge on any atom is -0.281 e. The first-order chi connectivity index (χ1) is 8.93. The Morgan fingerprint density at radius 1 is 0.611 bits per heavy atom. The number of rotatable bonds is 2. The predicted molar refractivity (Wildman–Crippen MR) is 67.8 cm³/mol. The molecule has 1 aliphatic heterocycles. The summed E-state index contributed by atoms with van der Waals surface area (Å²) in [5.41, 5.74) is 7.86. The fourth-order valence-corrected chi connectivity index (χ4v) is 1.55. The highest BCUT2D eigenvalue weighted by Gasteiger charge is 2.10. The lowest BCUT2D eigenvalue weighted by Crippen LogP contribution is -2.44. The van der Waals surface area contributed by atoms with Crippen molar-refractivity contribution < 1.29 is 0 Å². The number of nitrogens with one attached hydrogen (secondary N) is 2. The highest BCUT2D eigenvalue weighted by Crippen LogP contribution is 2.03. The number of hydrazine groups is 1. The van der Waals surface area contributed by atoms with E-state index in [-0.39, 0.29) is 0 Å². The smallest absolute Gasteiger partial charge is 0.174 e. The maximum absolute atomic E-state index is 4.14. The van der Waals surface area contributed by atoms with Crippen LogP contribution in [0.4, 0.5) is 0 Å². The lowest BCUT2D eigenvalue weighted by Gasteiger charge is -2.16. The Labute approximate surface area is 103 Å². The number of hydrogen-bond acceptors (Lipinski definition) is 6. The summed E-state index contributed by atoms with van der Waals surface area (Å²) in [7, 11) is 0. The number of nitrogens with zero attached hydrogens (tertiary/aromatic N) is 4. The first-order valence-electron chi connectivity index (χ1n) is 5.42. The van der Waals surface area contributed by atoms with Crippen LogP contribution in [0.5, 0.6) is 0 Å². The van der Waals surface area contributed by atoms with Crippen molar-refractivity contribution in [3.05, 3.63) is 60.2 Å². The van der Waals surface area contributed by atoms with Gasteiger partial charge in [-0.15, -0.1) is 10.2 Å². The van der Waals surface area contributed by atoms with Gasteiger partial charge < -0.3 is 0 Å². The summed E-state index contributed by atoms with van der Waals surface area (Å²) in [6.45, 7) is 0. The molecular weight excluding hydrogens is 228 g/mol. The maximum atomic E-state index is 4.14. The summed E-state index contributed by atoms with van der Waals surface area (Å²) < 4.78 is 0. The second-order valence-electron chi connectivity index (χ2n) is 3.62. The number of amidine groups is 2. The van der Waals surface area contributed by atoms with Crippen molar-refractivity contribution in [3.63, 3.8) is 0 Å². The van der Waals surface area contributed by atoms with Gasteiger partial charge in [0, 0.05) is 35.9 Å². The molecule has 6 heteroatoms. The monoisotopic (exact) mass is 238 g/mol. The SMILES string of the molecule is c1cc(C2=NN=C(c3ccncc3)NN2)ccn1. The molecule has 0 saturated heterocycles. The van der Waals surface area contributed by atoms with Crippen LogP contribution in [0.2, 0.25) is 0 Å². The molecule has 0 amide bonds. The van der Waals surface area contributed by atoms with E-state index in [0.29, 0.717) is 11.7 Å². The van der Waals surface area contributed by atoms with Gasteiger partial charge in [0.2, 0.25) is 0 Å². The van der Waals surface area contributed by atoms with Gasteiger partial charge in [0.25, 0.3) is 0 Å². The van der Waals surface area contributed by atoms with Crippen LogP contribution in [0, 0.1) is 0 Å². The molecular formula is C12H10N6. The van der Waals surface area contributed by atoms with E-state index < -0.39 is 0 Å². The van der Waals surface area contributed by atoms with Gasteiger partial charge in [-0.25, -0.2) is 0 Å². The summed E-state index contributed by atoms with van der Waals surface area (Å²) in [6, 6.07) is 7.45. The van der Waals surface area contributed by atoms with Gasteiger partial charge in [0.15, 0.2) is 11.7 Å². The van der Waals surface area contributed by atoms with E-state index >= 15 is 0 Å². The second kappa shape index (κ2) is 4.62. The van der Waals surface area contributed by atoms with Gasteiger partial charge in [-0.2, -0.15) is 0 Å². The minimum atomic E-state index is 0.662. The summed E-state index contributed by atoms with van der Waals surface area (Å²) in [5, 5.41) is 8.28. The van der Waals surface area contributed by atoms with Crippen LogP contribution >= 0.6 is 0 Å². The molecule has 0 bridgehead atoms. The zero-order chi connectivity index (χ0) is 12.2. The van der Waals surface area contributed by atoms with Crippen LogP contribution in [-0.2, 0) is 0 Å². The summed E-state index contributed by atoms with van der Waals surface area (Å²) in [5.74, 6) is 1.32. The fourth-order valence-electron chi connectivity index (χ4n) is 1.55. The van der Waals surface area contributed by atoms with Gasteiger partial charge >= 0.3 is 0 Å². The molecule has 3 rings (SSSR count). The van der Waals surface area contributed by atoms with E-state index in [1.165, 1.54) is 0 Å². The number of aromatic nitrogens is 2. The van der Waals surface area contributed by atoms with Crippen LogP contribution in [-0.4, -0.2) is 21.6 Å². The highest BCUT2D eigenvalue weighted by atomic mass is 15.5. The van der Waals surface area contributed by atoms with Crippen molar-refractivity contribution in [2.45, 2.75) is 0 Å². The lowest BCUT2D eigenvalue weighted by atomic mass is 10.2. The Morgan fingerprint density at radius 2 is 1.00 bits per heavy atom. The zero-order valence-electron chi connectivity index (χ0n) is 9.41. The molecule has 0 spiro atoms. The largest absolute Gasteiger partial charge is 0.281 e. The van der Waals surface area contributed by atoms with E-state index in [1.807, 2.05) is 24.3 Å². The van der Waals surface area contributed by atoms with E-state index in [4.69, 9.17) is 0 Å². The van der Waals surface area contributed by atoms with E-state index in [1.54, 1.807) is 24.8 Å². The fraction of sp³-hybridized carbons (Fsp3) is 0. The predicted octanol–water partition coefficient (Wildman–Crippen LogP) is 0.693. The van der Waals surface area contributed by atoms with Gasteiger partial charge in [-0.3, -0.25) is 20.8 Å². The zero-order valence-corrected chi connectivity index (χ0v) is 9.41. The summed E-state index contributed by atoms with van der Waals surface area (Å²) in [6.07, 6.45) is 6.84. The molecule has 6 nitrogen and oxygen atoms in total. The van der Waals surface area contributed by atoms with Gasteiger partial charge in [-0.05, 0) is 24.3 Å². The molecule has 2 N–H and O–H groups in total. The third-order valence-electron chi connectivity index (χ3n) is 2.46. The molecule has 0 radical (unpaired) electrons. The number of pyridine rings is 2. The van der Waals surface area contributed by atoms with Gasteiger partial charge in [0.1, 0.15) is 0 Å². The molecule has 0 atom stereocenters. The molecule has 18 heavy (non-hydrogen) atoms. The standard InChI is InChI=1S/C12H10N6/c1-5-13-6-2-9(1)11-15-17-12(18-16-11)10-3-7-14-8-4-10/h1-8H,(H,15,16)(H,17,18). The van der Waals surface area contributed by atoms with Crippen LogP contribution in [0.25, 0.3) is 0 Å². The maximum Gasteiger partial charge on any atom is 0.174 e. The van der Waals surface area contributed by atoms with Crippen molar-refractivity contribution >= 4 is 11.7 Å². The molecule has 0 fully saturated rings. The Hall–Kier alpha value is -2.76. The first kappa shape index (κ1) is 10.4. The van der Waals surface area contributed by atoms with Crippen molar-refractivity contribution in [1.29, 1.82) is 0 Å². The third kappa shape index (κ3) is 2.03.